The van der Waals surface area contributed by atoms with Crippen molar-refractivity contribution >= 4 is 8.96 Å². The van der Waals surface area contributed by atoms with Crippen molar-refractivity contribution in [1.29, 1.82) is 0 Å². The third-order valence-corrected chi connectivity index (χ3v) is 6.67. The van der Waals surface area contributed by atoms with E-state index in [4.69, 9.17) is 0 Å². The second-order valence-electron chi connectivity index (χ2n) is 3.81. The summed E-state index contributed by atoms with van der Waals surface area (Å²) >= 11 is 0. The molecule has 1 unspecified atom stereocenters. The maximum atomic E-state index is 2.48. The van der Waals surface area contributed by atoms with Gasteiger partial charge in [0.25, 0.3) is 0 Å². The number of hydrogen-bond acceptors (Lipinski definition) is 1. The Balaban J connectivity index is 3.18. The van der Waals surface area contributed by atoms with E-state index >= 15 is 0 Å². The largest absolute Gasteiger partial charge is 0.402 e. The highest BCUT2D eigenvalue weighted by Crippen LogP contribution is 2.27. The van der Waals surface area contributed by atoms with Gasteiger partial charge in [-0.05, 0) is 45.9 Å². The van der Waals surface area contributed by atoms with Gasteiger partial charge in [-0.3, -0.25) is 0 Å². The highest BCUT2D eigenvalue weighted by atomic mass is 28.3. The van der Waals surface area contributed by atoms with Crippen LogP contribution in [-0.4, -0.2) is 20.6 Å². The first-order valence-corrected chi connectivity index (χ1v) is 6.79. The molecule has 0 bridgehead atoms. The molecule has 0 radical (unpaired) electrons. The Hall–Kier alpha value is -0.503. The molecule has 0 aromatic carbocycles. The zero-order valence-electron chi connectivity index (χ0n) is 9.02. The van der Waals surface area contributed by atoms with Gasteiger partial charge in [-0.25, -0.2) is 0 Å². The number of hydrogen-bond donors (Lipinski definition) is 0. The van der Waals surface area contributed by atoms with Gasteiger partial charge in [0.05, 0.1) is 0 Å². The highest BCUT2D eigenvalue weighted by molar-refractivity contribution is 6.63. The van der Waals surface area contributed by atoms with Crippen molar-refractivity contribution in [2.45, 2.75) is 34.2 Å². The van der Waals surface area contributed by atoms with Gasteiger partial charge in [0, 0.05) is 5.70 Å². The lowest BCUT2D eigenvalue weighted by Gasteiger charge is -2.34. The summed E-state index contributed by atoms with van der Waals surface area (Å²) < 4.78 is 2.48. The zero-order chi connectivity index (χ0) is 9.46. The minimum atomic E-state index is -0.782. The van der Waals surface area contributed by atoms with Crippen molar-refractivity contribution in [2.75, 3.05) is 7.05 Å². The molecule has 0 aliphatic carbocycles. The molecule has 0 amide bonds. The fraction of sp³-hybridized carbons (Fsp3) is 0.600. The Kier molecular flexibility index (Phi) is 2.47. The molecular weight excluding hydrogens is 162 g/mol. The van der Waals surface area contributed by atoms with Crippen molar-refractivity contribution in [3.8, 4) is 0 Å². The normalized spacial score (nSPS) is 25.5. The molecule has 1 aliphatic heterocycles. The number of rotatable bonds is 0. The Labute approximate surface area is 77.5 Å². The predicted molar refractivity (Wildman–Crippen MR) is 57.5 cm³/mol. The molecule has 1 heterocycles. The minimum absolute atomic E-state index is 0.782. The van der Waals surface area contributed by atoms with Gasteiger partial charge in [0.2, 0.25) is 0 Å². The lowest BCUT2D eigenvalue weighted by molar-refractivity contribution is 0.634. The second-order valence-corrected chi connectivity index (χ2v) is 6.80. The van der Waals surface area contributed by atoms with Crippen LogP contribution >= 0.6 is 0 Å². The van der Waals surface area contributed by atoms with Crippen LogP contribution in [0.25, 0.3) is 0 Å². The van der Waals surface area contributed by atoms with E-state index in [9.17, 15) is 0 Å². The SMILES string of the molecule is CC1=C(C)N(C)[SiH](C)C(C)=C1C. The van der Waals surface area contributed by atoms with Crippen molar-refractivity contribution in [1.82, 2.24) is 4.57 Å². The fourth-order valence-corrected chi connectivity index (χ4v) is 3.92. The van der Waals surface area contributed by atoms with Gasteiger partial charge in [0.15, 0.2) is 8.96 Å². The molecule has 1 aliphatic rings. The maximum Gasteiger partial charge on any atom is 0.164 e. The molecule has 1 rings (SSSR count). The summed E-state index contributed by atoms with van der Waals surface area (Å²) in [6, 6.07) is 0. The van der Waals surface area contributed by atoms with Crippen LogP contribution in [-0.2, 0) is 0 Å². The molecular formula is C10H19NSi. The Morgan fingerprint density at radius 3 is 2.00 bits per heavy atom. The van der Waals surface area contributed by atoms with Crippen LogP contribution in [0.5, 0.6) is 0 Å². The molecule has 0 saturated heterocycles. The van der Waals surface area contributed by atoms with E-state index < -0.39 is 8.96 Å². The Bertz CT molecular complexity index is 235. The molecule has 0 N–H and O–H groups in total. The van der Waals surface area contributed by atoms with E-state index in [0.717, 1.165) is 0 Å². The molecule has 12 heavy (non-hydrogen) atoms. The average molecular weight is 181 g/mol. The molecule has 0 saturated carbocycles. The molecule has 0 aromatic rings. The van der Waals surface area contributed by atoms with Crippen molar-refractivity contribution in [3.63, 3.8) is 0 Å². The number of allylic oxidation sites excluding steroid dienone is 4. The predicted octanol–water partition coefficient (Wildman–Crippen LogP) is 2.45. The fourth-order valence-electron chi connectivity index (χ4n) is 1.73. The molecule has 0 spiro atoms. The van der Waals surface area contributed by atoms with Crippen LogP contribution < -0.4 is 0 Å². The molecule has 0 fully saturated rings. The minimum Gasteiger partial charge on any atom is -0.402 e. The van der Waals surface area contributed by atoms with Crippen LogP contribution in [0, 0.1) is 0 Å². The maximum absolute atomic E-state index is 2.48. The molecule has 2 heteroatoms. The summed E-state index contributed by atoms with van der Waals surface area (Å²) in [4.78, 5) is 0. The summed E-state index contributed by atoms with van der Waals surface area (Å²) in [6.07, 6.45) is 0. The molecule has 1 atom stereocenters. The first kappa shape index (κ1) is 9.58. The van der Waals surface area contributed by atoms with Gasteiger partial charge >= 0.3 is 0 Å². The van der Waals surface area contributed by atoms with Gasteiger partial charge in [-0.1, -0.05) is 11.7 Å². The summed E-state index contributed by atoms with van der Waals surface area (Å²) in [5, 5.41) is 1.64. The zero-order valence-corrected chi connectivity index (χ0v) is 10.2. The highest BCUT2D eigenvalue weighted by Gasteiger charge is 2.22. The van der Waals surface area contributed by atoms with Crippen molar-refractivity contribution < 1.29 is 0 Å². The topological polar surface area (TPSA) is 3.24 Å². The van der Waals surface area contributed by atoms with Gasteiger partial charge in [0.1, 0.15) is 0 Å². The van der Waals surface area contributed by atoms with Crippen LogP contribution in [0.1, 0.15) is 27.7 Å². The summed E-state index contributed by atoms with van der Waals surface area (Å²) in [7, 11) is 1.45. The summed E-state index contributed by atoms with van der Waals surface area (Å²) in [6.45, 7) is 11.4. The lowest BCUT2D eigenvalue weighted by atomic mass is 10.1. The van der Waals surface area contributed by atoms with Gasteiger partial charge in [-0.15, -0.1) is 0 Å². The van der Waals surface area contributed by atoms with E-state index in [1.54, 1.807) is 5.20 Å². The first-order chi connectivity index (χ1) is 5.46. The van der Waals surface area contributed by atoms with Gasteiger partial charge in [-0.2, -0.15) is 0 Å². The van der Waals surface area contributed by atoms with Crippen LogP contribution in [0.15, 0.2) is 22.0 Å². The Morgan fingerprint density at radius 1 is 1.00 bits per heavy atom. The second kappa shape index (κ2) is 3.09. The third-order valence-electron chi connectivity index (χ3n) is 3.43. The third kappa shape index (κ3) is 1.24. The van der Waals surface area contributed by atoms with E-state index in [2.05, 4.69) is 45.9 Å². The van der Waals surface area contributed by atoms with E-state index in [-0.39, 0.29) is 0 Å². The average Bonchev–Trinajstić information content (AvgIpc) is 2.08. The number of nitrogens with zero attached hydrogens (tertiary/aromatic N) is 1. The first-order valence-electron chi connectivity index (χ1n) is 4.55. The van der Waals surface area contributed by atoms with E-state index in [0.29, 0.717) is 0 Å². The van der Waals surface area contributed by atoms with Gasteiger partial charge < -0.3 is 4.57 Å². The van der Waals surface area contributed by atoms with Crippen molar-refractivity contribution in [3.05, 3.63) is 22.0 Å². The molecule has 0 aromatic heterocycles. The van der Waals surface area contributed by atoms with Crippen LogP contribution in [0.3, 0.4) is 0 Å². The van der Waals surface area contributed by atoms with Crippen molar-refractivity contribution in [2.24, 2.45) is 0 Å². The smallest absolute Gasteiger partial charge is 0.164 e. The van der Waals surface area contributed by atoms with Crippen LogP contribution in [0.4, 0.5) is 0 Å². The Morgan fingerprint density at radius 2 is 1.50 bits per heavy atom. The lowest BCUT2D eigenvalue weighted by Crippen LogP contribution is -2.37. The monoisotopic (exact) mass is 181 g/mol. The summed E-state index contributed by atoms with van der Waals surface area (Å²) in [5.74, 6) is 0. The van der Waals surface area contributed by atoms with E-state index in [1.807, 2.05) is 0 Å². The van der Waals surface area contributed by atoms with E-state index in [1.165, 1.54) is 16.8 Å². The molecule has 68 valence electrons. The summed E-state index contributed by atoms with van der Waals surface area (Å²) in [5.41, 5.74) is 4.47. The quantitative estimate of drug-likeness (QED) is 0.519. The van der Waals surface area contributed by atoms with Crippen LogP contribution in [0.2, 0.25) is 6.55 Å². The molecule has 1 nitrogen and oxygen atoms in total. The standard InChI is InChI=1S/C10H19NSi/c1-7-8(2)10(4)12(6)11(5)9(7)3/h12H,1-6H3.